The third-order valence-corrected chi connectivity index (χ3v) is 6.80. The number of benzene rings is 3. The molecule has 0 aliphatic heterocycles. The molecule has 3 aromatic carbocycles. The fourth-order valence-electron chi connectivity index (χ4n) is 3.53. The van der Waals surface area contributed by atoms with Crippen LogP contribution in [0.5, 0.6) is 5.75 Å². The van der Waals surface area contributed by atoms with Gasteiger partial charge in [0.15, 0.2) is 5.75 Å². The van der Waals surface area contributed by atoms with Crippen LogP contribution in [-0.4, -0.2) is 20.1 Å². The van der Waals surface area contributed by atoms with E-state index in [-0.39, 0.29) is 9.79 Å². The minimum Gasteiger partial charge on any atom is -0.493 e. The summed E-state index contributed by atoms with van der Waals surface area (Å²) in [6.07, 6.45) is 0. The van der Waals surface area contributed by atoms with E-state index in [4.69, 9.17) is 4.74 Å². The van der Waals surface area contributed by atoms with Crippen LogP contribution in [0.4, 0.5) is 0 Å². The molecule has 28 heavy (non-hydrogen) atoms. The van der Waals surface area contributed by atoms with E-state index >= 15 is 0 Å². The Morgan fingerprint density at radius 1 is 0.893 bits per heavy atom. The topological polar surface area (TPSA) is 48.3 Å². The molecule has 0 saturated heterocycles. The summed E-state index contributed by atoms with van der Waals surface area (Å²) in [6, 6.07) is 22.4. The van der Waals surface area contributed by atoms with Gasteiger partial charge in [0.2, 0.25) is 9.84 Å². The van der Waals surface area contributed by atoms with E-state index in [0.29, 0.717) is 5.75 Å². The number of ether oxygens (including phenoxy) is 1. The maximum atomic E-state index is 13.3. The Morgan fingerprint density at radius 2 is 1.57 bits per heavy atom. The standard InChI is InChI=1S/C23H21NO3S/c1-16-9-12-19(13-10-16)28(25,26)21-14-11-18-15-20(17-7-5-4-6-8-17)24(2)22(18)23(21)27-3/h4-15H,1-3H3. The average Bonchev–Trinajstić information content (AvgIpc) is 3.05. The third-order valence-electron chi connectivity index (χ3n) is 5.01. The molecule has 1 heterocycles. The fourth-order valence-corrected chi connectivity index (χ4v) is 4.95. The van der Waals surface area contributed by atoms with Gasteiger partial charge in [0.25, 0.3) is 0 Å². The molecule has 0 aliphatic rings. The highest BCUT2D eigenvalue weighted by Gasteiger charge is 2.25. The third kappa shape index (κ3) is 2.88. The number of hydrogen-bond donors (Lipinski definition) is 0. The highest BCUT2D eigenvalue weighted by Crippen LogP contribution is 2.39. The fraction of sp³-hybridized carbons (Fsp3) is 0.130. The quantitative estimate of drug-likeness (QED) is 0.492. The summed E-state index contributed by atoms with van der Waals surface area (Å²) in [7, 11) is -0.262. The number of sulfone groups is 1. The van der Waals surface area contributed by atoms with E-state index in [2.05, 4.69) is 6.07 Å². The number of hydrogen-bond acceptors (Lipinski definition) is 3. The zero-order chi connectivity index (χ0) is 19.9. The van der Waals surface area contributed by atoms with Crippen molar-refractivity contribution in [1.29, 1.82) is 0 Å². The summed E-state index contributed by atoms with van der Waals surface area (Å²) in [5, 5.41) is 0.932. The van der Waals surface area contributed by atoms with Crippen molar-refractivity contribution in [3.63, 3.8) is 0 Å². The minimum absolute atomic E-state index is 0.173. The van der Waals surface area contributed by atoms with Gasteiger partial charge in [-0.25, -0.2) is 8.42 Å². The van der Waals surface area contributed by atoms with E-state index in [0.717, 1.165) is 27.7 Å². The van der Waals surface area contributed by atoms with Crippen molar-refractivity contribution in [3.8, 4) is 17.0 Å². The zero-order valence-corrected chi connectivity index (χ0v) is 16.8. The van der Waals surface area contributed by atoms with Gasteiger partial charge in [-0.3, -0.25) is 0 Å². The minimum atomic E-state index is -3.70. The summed E-state index contributed by atoms with van der Waals surface area (Å²) in [5.74, 6) is 0.364. The highest BCUT2D eigenvalue weighted by molar-refractivity contribution is 7.91. The summed E-state index contributed by atoms with van der Waals surface area (Å²) < 4.78 is 34.1. The van der Waals surface area contributed by atoms with E-state index in [1.807, 2.05) is 54.9 Å². The molecule has 0 spiro atoms. The first-order valence-corrected chi connectivity index (χ1v) is 10.5. The van der Waals surface area contributed by atoms with Gasteiger partial charge in [0.1, 0.15) is 4.90 Å². The molecular formula is C23H21NO3S. The van der Waals surface area contributed by atoms with Crippen molar-refractivity contribution in [2.45, 2.75) is 16.7 Å². The molecule has 5 heteroatoms. The number of rotatable bonds is 4. The van der Waals surface area contributed by atoms with Gasteiger partial charge in [0, 0.05) is 18.1 Å². The first kappa shape index (κ1) is 18.3. The van der Waals surface area contributed by atoms with Crippen molar-refractivity contribution < 1.29 is 13.2 Å². The SMILES string of the molecule is COc1c(S(=O)(=O)c2ccc(C)cc2)ccc2cc(-c3ccccc3)n(C)c12. The van der Waals surface area contributed by atoms with Gasteiger partial charge in [-0.05, 0) is 36.8 Å². The molecule has 4 nitrogen and oxygen atoms in total. The maximum absolute atomic E-state index is 13.3. The second-order valence-corrected chi connectivity index (χ2v) is 8.72. The lowest BCUT2D eigenvalue weighted by molar-refractivity contribution is 0.406. The molecule has 0 saturated carbocycles. The molecule has 0 N–H and O–H groups in total. The van der Waals surface area contributed by atoms with Gasteiger partial charge < -0.3 is 9.30 Å². The molecule has 0 radical (unpaired) electrons. The predicted octanol–water partition coefficient (Wildman–Crippen LogP) is 5.00. The molecule has 4 aromatic rings. The maximum Gasteiger partial charge on any atom is 0.210 e. The second-order valence-electron chi connectivity index (χ2n) is 6.81. The first-order valence-electron chi connectivity index (χ1n) is 8.97. The van der Waals surface area contributed by atoms with Crippen molar-refractivity contribution in [1.82, 2.24) is 4.57 Å². The number of nitrogens with zero attached hydrogens (tertiary/aromatic N) is 1. The lowest BCUT2D eigenvalue weighted by Crippen LogP contribution is -2.06. The lowest BCUT2D eigenvalue weighted by atomic mass is 10.1. The summed E-state index contributed by atoms with van der Waals surface area (Å²) in [5.41, 5.74) is 3.83. The van der Waals surface area contributed by atoms with Gasteiger partial charge in [-0.1, -0.05) is 54.1 Å². The second kappa shape index (κ2) is 6.84. The zero-order valence-electron chi connectivity index (χ0n) is 16.0. The molecule has 142 valence electrons. The van der Waals surface area contributed by atoms with E-state index in [1.165, 1.54) is 7.11 Å². The van der Waals surface area contributed by atoms with Gasteiger partial charge in [-0.2, -0.15) is 0 Å². The van der Waals surface area contributed by atoms with Crippen molar-refractivity contribution in [2.75, 3.05) is 7.11 Å². The Morgan fingerprint density at radius 3 is 2.21 bits per heavy atom. The normalized spacial score (nSPS) is 11.7. The molecule has 0 bridgehead atoms. The van der Waals surface area contributed by atoms with Gasteiger partial charge >= 0.3 is 0 Å². The molecule has 1 aromatic heterocycles. The Hall–Kier alpha value is -3.05. The monoisotopic (exact) mass is 391 g/mol. The van der Waals surface area contributed by atoms with Crippen LogP contribution < -0.4 is 4.74 Å². The van der Waals surface area contributed by atoms with E-state index in [9.17, 15) is 8.42 Å². The molecule has 0 unspecified atom stereocenters. The summed E-state index contributed by atoms with van der Waals surface area (Å²) >= 11 is 0. The molecule has 0 amide bonds. The number of aryl methyl sites for hydroxylation is 2. The summed E-state index contributed by atoms with van der Waals surface area (Å²) in [4.78, 5) is 0.431. The van der Waals surface area contributed by atoms with Crippen LogP contribution in [0.25, 0.3) is 22.2 Å². The molecular weight excluding hydrogens is 370 g/mol. The van der Waals surface area contributed by atoms with Crippen LogP contribution >= 0.6 is 0 Å². The van der Waals surface area contributed by atoms with Crippen LogP contribution in [0.15, 0.2) is 82.6 Å². The molecule has 0 fully saturated rings. The van der Waals surface area contributed by atoms with Crippen LogP contribution in [-0.2, 0) is 16.9 Å². The number of methoxy groups -OCH3 is 1. The Bertz CT molecular complexity index is 1250. The van der Waals surface area contributed by atoms with Crippen molar-refractivity contribution >= 4 is 20.7 Å². The van der Waals surface area contributed by atoms with Crippen LogP contribution in [0, 0.1) is 6.92 Å². The van der Waals surface area contributed by atoms with Gasteiger partial charge in [-0.15, -0.1) is 0 Å². The molecule has 0 aliphatic carbocycles. The predicted molar refractivity (Wildman–Crippen MR) is 112 cm³/mol. The highest BCUT2D eigenvalue weighted by atomic mass is 32.2. The Balaban J connectivity index is 1.96. The van der Waals surface area contributed by atoms with Crippen LogP contribution in [0.1, 0.15) is 5.56 Å². The van der Waals surface area contributed by atoms with Crippen molar-refractivity contribution in [2.24, 2.45) is 7.05 Å². The molecule has 4 rings (SSSR count). The Kier molecular flexibility index (Phi) is 4.47. The van der Waals surface area contributed by atoms with Crippen molar-refractivity contribution in [3.05, 3.63) is 78.4 Å². The van der Waals surface area contributed by atoms with Gasteiger partial charge in [0.05, 0.1) is 17.5 Å². The van der Waals surface area contributed by atoms with E-state index in [1.54, 1.807) is 30.3 Å². The number of fused-ring (bicyclic) bond motifs is 1. The van der Waals surface area contributed by atoms with Crippen LogP contribution in [0.3, 0.4) is 0 Å². The van der Waals surface area contributed by atoms with E-state index < -0.39 is 9.84 Å². The largest absolute Gasteiger partial charge is 0.493 e. The van der Waals surface area contributed by atoms with Crippen LogP contribution in [0.2, 0.25) is 0 Å². The number of aromatic nitrogens is 1. The lowest BCUT2D eigenvalue weighted by Gasteiger charge is -2.13. The Labute approximate surface area is 164 Å². The smallest absolute Gasteiger partial charge is 0.210 e. The molecule has 0 atom stereocenters. The first-order chi connectivity index (χ1) is 13.4. The summed E-state index contributed by atoms with van der Waals surface area (Å²) in [6.45, 7) is 1.93. The average molecular weight is 391 g/mol.